The Morgan fingerprint density at radius 3 is 2.80 bits per heavy atom. The first-order valence-corrected chi connectivity index (χ1v) is 5.02. The van der Waals surface area contributed by atoms with Gasteiger partial charge in [-0.1, -0.05) is 19.1 Å². The molecule has 3 heteroatoms. The lowest BCUT2D eigenvalue weighted by Crippen LogP contribution is -2.18. The number of nitrogen functional groups attached to an aromatic ring is 1. The van der Waals surface area contributed by atoms with Gasteiger partial charge in [-0.15, -0.1) is 0 Å². The number of pyridine rings is 1. The molecule has 0 aliphatic carbocycles. The molecule has 78 valence electrons. The van der Waals surface area contributed by atoms with E-state index in [2.05, 4.69) is 6.92 Å². The van der Waals surface area contributed by atoms with E-state index in [0.717, 1.165) is 17.4 Å². The predicted octanol–water partition coefficient (Wildman–Crippen LogP) is 1.68. The number of hydrogen-bond acceptors (Lipinski definition) is 2. The molecule has 0 aliphatic heterocycles. The highest BCUT2D eigenvalue weighted by Crippen LogP contribution is 2.20. The van der Waals surface area contributed by atoms with Crippen LogP contribution in [0.5, 0.6) is 0 Å². The van der Waals surface area contributed by atoms with Crippen LogP contribution in [0, 0.1) is 0 Å². The smallest absolute Gasteiger partial charge is 0.260 e. The molecular weight excluding hydrogens is 188 g/mol. The van der Waals surface area contributed by atoms with Crippen LogP contribution in [0.15, 0.2) is 29.2 Å². The van der Waals surface area contributed by atoms with Crippen molar-refractivity contribution in [2.45, 2.75) is 13.3 Å². The second-order valence-corrected chi connectivity index (χ2v) is 3.69. The molecule has 1 aromatic heterocycles. The maximum absolute atomic E-state index is 11.9. The zero-order chi connectivity index (χ0) is 11.0. The van der Waals surface area contributed by atoms with Crippen molar-refractivity contribution in [2.24, 2.45) is 7.05 Å². The molecule has 2 aromatic rings. The fourth-order valence-electron chi connectivity index (χ4n) is 1.90. The Labute approximate surface area is 88.1 Å². The minimum atomic E-state index is -0.0275. The maximum Gasteiger partial charge on any atom is 0.260 e. The van der Waals surface area contributed by atoms with Crippen molar-refractivity contribution in [1.29, 1.82) is 0 Å². The van der Waals surface area contributed by atoms with E-state index >= 15 is 0 Å². The average molecular weight is 202 g/mol. The topological polar surface area (TPSA) is 48.0 Å². The van der Waals surface area contributed by atoms with Crippen LogP contribution < -0.4 is 11.3 Å². The number of rotatable bonds is 1. The molecule has 3 nitrogen and oxygen atoms in total. The van der Waals surface area contributed by atoms with E-state index in [4.69, 9.17) is 5.73 Å². The first-order chi connectivity index (χ1) is 7.15. The van der Waals surface area contributed by atoms with E-state index in [1.807, 2.05) is 18.3 Å². The lowest BCUT2D eigenvalue weighted by molar-refractivity contribution is 0.857. The third kappa shape index (κ3) is 1.40. The first-order valence-electron chi connectivity index (χ1n) is 5.02. The Balaban J connectivity index is 3.03. The summed E-state index contributed by atoms with van der Waals surface area (Å²) >= 11 is 0. The molecule has 0 bridgehead atoms. The number of anilines is 1. The number of aryl methyl sites for hydroxylation is 2. The molecule has 0 spiro atoms. The van der Waals surface area contributed by atoms with Crippen molar-refractivity contribution in [3.05, 3.63) is 40.3 Å². The monoisotopic (exact) mass is 202 g/mol. The van der Waals surface area contributed by atoms with Crippen molar-refractivity contribution in [3.63, 3.8) is 0 Å². The van der Waals surface area contributed by atoms with Gasteiger partial charge < -0.3 is 10.3 Å². The summed E-state index contributed by atoms with van der Waals surface area (Å²) < 4.78 is 1.59. The minimum Gasteiger partial charge on any atom is -0.398 e. The second-order valence-electron chi connectivity index (χ2n) is 3.69. The number of hydrogen-bond donors (Lipinski definition) is 1. The van der Waals surface area contributed by atoms with Gasteiger partial charge in [-0.25, -0.2) is 0 Å². The molecule has 2 N–H and O–H groups in total. The molecule has 0 unspecified atom stereocenters. The van der Waals surface area contributed by atoms with Crippen LogP contribution in [0.25, 0.3) is 10.8 Å². The minimum absolute atomic E-state index is 0.0275. The van der Waals surface area contributed by atoms with Crippen LogP contribution in [0.4, 0.5) is 5.69 Å². The SMILES string of the molecule is CCc1cn(C)c(=O)c2c(N)cccc12. The van der Waals surface area contributed by atoms with Gasteiger partial charge in [0.2, 0.25) is 0 Å². The molecule has 0 aliphatic rings. The van der Waals surface area contributed by atoms with Gasteiger partial charge in [-0.3, -0.25) is 4.79 Å². The summed E-state index contributed by atoms with van der Waals surface area (Å²) in [6.45, 7) is 2.07. The highest BCUT2D eigenvalue weighted by molar-refractivity contribution is 5.94. The summed E-state index contributed by atoms with van der Waals surface area (Å²) in [5.41, 5.74) is 7.52. The van der Waals surface area contributed by atoms with Crippen molar-refractivity contribution < 1.29 is 0 Å². The number of aromatic nitrogens is 1. The molecule has 2 rings (SSSR count). The standard InChI is InChI=1S/C12H14N2O/c1-3-8-7-14(2)12(15)11-9(8)5-4-6-10(11)13/h4-7H,3,13H2,1-2H3. The zero-order valence-corrected chi connectivity index (χ0v) is 8.95. The molecule has 1 aromatic carbocycles. The molecule has 0 amide bonds. The van der Waals surface area contributed by atoms with Crippen molar-refractivity contribution in [2.75, 3.05) is 5.73 Å². The first kappa shape index (κ1) is 9.77. The highest BCUT2D eigenvalue weighted by Gasteiger charge is 2.07. The van der Waals surface area contributed by atoms with Crippen LogP contribution in [0.3, 0.4) is 0 Å². The van der Waals surface area contributed by atoms with E-state index in [1.165, 1.54) is 0 Å². The quantitative estimate of drug-likeness (QED) is 0.715. The Kier molecular flexibility index (Phi) is 2.23. The van der Waals surface area contributed by atoms with Gasteiger partial charge in [0.15, 0.2) is 0 Å². The van der Waals surface area contributed by atoms with E-state index in [1.54, 1.807) is 17.7 Å². The molecule has 0 saturated heterocycles. The molecule has 1 heterocycles. The Hall–Kier alpha value is -1.77. The van der Waals surface area contributed by atoms with Crippen LogP contribution in [0.1, 0.15) is 12.5 Å². The summed E-state index contributed by atoms with van der Waals surface area (Å²) in [5, 5.41) is 1.61. The van der Waals surface area contributed by atoms with Gasteiger partial charge in [0.05, 0.1) is 5.39 Å². The van der Waals surface area contributed by atoms with Gasteiger partial charge >= 0.3 is 0 Å². The van der Waals surface area contributed by atoms with Gasteiger partial charge in [0, 0.05) is 18.9 Å². The van der Waals surface area contributed by atoms with E-state index in [9.17, 15) is 4.79 Å². The molecule has 15 heavy (non-hydrogen) atoms. The average Bonchev–Trinajstić information content (AvgIpc) is 2.23. The van der Waals surface area contributed by atoms with Crippen molar-refractivity contribution in [3.8, 4) is 0 Å². The summed E-state index contributed by atoms with van der Waals surface area (Å²) in [6, 6.07) is 5.60. The fraction of sp³-hybridized carbons (Fsp3) is 0.250. The number of benzene rings is 1. The van der Waals surface area contributed by atoms with Gasteiger partial charge in [-0.05, 0) is 23.4 Å². The van der Waals surface area contributed by atoms with Crippen LogP contribution in [0.2, 0.25) is 0 Å². The van der Waals surface area contributed by atoms with Crippen LogP contribution in [-0.4, -0.2) is 4.57 Å². The Bertz CT molecular complexity index is 570. The van der Waals surface area contributed by atoms with E-state index < -0.39 is 0 Å². The van der Waals surface area contributed by atoms with E-state index in [-0.39, 0.29) is 5.56 Å². The summed E-state index contributed by atoms with van der Waals surface area (Å²) in [7, 11) is 1.76. The number of nitrogens with zero attached hydrogens (tertiary/aromatic N) is 1. The lowest BCUT2D eigenvalue weighted by atomic mass is 10.0. The normalized spacial score (nSPS) is 10.8. The maximum atomic E-state index is 11.9. The van der Waals surface area contributed by atoms with E-state index in [0.29, 0.717) is 11.1 Å². The molecule has 0 atom stereocenters. The number of fused-ring (bicyclic) bond motifs is 1. The van der Waals surface area contributed by atoms with Crippen molar-refractivity contribution >= 4 is 16.5 Å². The zero-order valence-electron chi connectivity index (χ0n) is 8.95. The fourth-order valence-corrected chi connectivity index (χ4v) is 1.90. The van der Waals surface area contributed by atoms with Gasteiger partial charge in [0.1, 0.15) is 0 Å². The summed E-state index contributed by atoms with van der Waals surface area (Å²) in [5.74, 6) is 0. The van der Waals surface area contributed by atoms with Crippen LogP contribution in [-0.2, 0) is 13.5 Å². The third-order valence-corrected chi connectivity index (χ3v) is 2.71. The van der Waals surface area contributed by atoms with Gasteiger partial charge in [0.25, 0.3) is 5.56 Å². The summed E-state index contributed by atoms with van der Waals surface area (Å²) in [4.78, 5) is 11.9. The van der Waals surface area contributed by atoms with Gasteiger partial charge in [-0.2, -0.15) is 0 Å². The third-order valence-electron chi connectivity index (χ3n) is 2.71. The molecule has 0 radical (unpaired) electrons. The number of nitrogens with two attached hydrogens (primary N) is 1. The largest absolute Gasteiger partial charge is 0.398 e. The van der Waals surface area contributed by atoms with Crippen molar-refractivity contribution in [1.82, 2.24) is 4.57 Å². The van der Waals surface area contributed by atoms with Crippen LogP contribution >= 0.6 is 0 Å². The molecule has 0 fully saturated rings. The summed E-state index contributed by atoms with van der Waals surface area (Å²) in [6.07, 6.45) is 2.78. The molecular formula is C12H14N2O. The highest BCUT2D eigenvalue weighted by atomic mass is 16.1. The molecule has 0 saturated carbocycles. The Morgan fingerprint density at radius 2 is 2.13 bits per heavy atom. The second kappa shape index (κ2) is 3.42. The predicted molar refractivity (Wildman–Crippen MR) is 63.0 cm³/mol. The lowest BCUT2D eigenvalue weighted by Gasteiger charge is -2.08. The Morgan fingerprint density at radius 1 is 1.40 bits per heavy atom.